The molecule has 0 unspecified atom stereocenters. The van der Waals surface area contributed by atoms with Gasteiger partial charge in [0.15, 0.2) is 0 Å². The summed E-state index contributed by atoms with van der Waals surface area (Å²) in [6.07, 6.45) is 0.732. The quantitative estimate of drug-likeness (QED) is 0.643. The second-order valence-electron chi connectivity index (χ2n) is 6.96. The van der Waals surface area contributed by atoms with E-state index in [2.05, 4.69) is 16.7 Å². The average Bonchev–Trinajstić information content (AvgIpc) is 2.70. The fraction of sp³-hybridized carbons (Fsp3) is 0.167. The number of carbonyl (C=O) groups is 2. The highest BCUT2D eigenvalue weighted by Crippen LogP contribution is 2.19. The van der Waals surface area contributed by atoms with E-state index in [0.29, 0.717) is 17.8 Å². The zero-order valence-electron chi connectivity index (χ0n) is 16.5. The van der Waals surface area contributed by atoms with Crippen LogP contribution in [0.15, 0.2) is 66.7 Å². The molecule has 3 rings (SSSR count). The number of benzene rings is 3. The number of hydrogen-bond donors (Lipinski definition) is 2. The fourth-order valence-corrected chi connectivity index (χ4v) is 3.02. The molecule has 0 bridgehead atoms. The SMILES string of the molecule is Cc1cccc(CCNC(=O)c2ccc(C)c(NC(=O)c3ccccc3F)c2)c1. The summed E-state index contributed by atoms with van der Waals surface area (Å²) in [7, 11) is 0. The van der Waals surface area contributed by atoms with Crippen molar-refractivity contribution in [2.45, 2.75) is 20.3 Å². The molecule has 0 fully saturated rings. The molecule has 0 atom stereocenters. The largest absolute Gasteiger partial charge is 0.352 e. The first kappa shape index (κ1) is 20.3. The van der Waals surface area contributed by atoms with Crippen LogP contribution in [0.3, 0.4) is 0 Å². The third kappa shape index (κ3) is 5.29. The van der Waals surface area contributed by atoms with Crippen molar-refractivity contribution < 1.29 is 14.0 Å². The van der Waals surface area contributed by atoms with Gasteiger partial charge in [-0.3, -0.25) is 9.59 Å². The van der Waals surface area contributed by atoms with Crippen molar-refractivity contribution in [3.63, 3.8) is 0 Å². The number of aryl methyl sites for hydroxylation is 2. The van der Waals surface area contributed by atoms with Crippen LogP contribution in [0.4, 0.5) is 10.1 Å². The normalized spacial score (nSPS) is 10.4. The lowest BCUT2D eigenvalue weighted by atomic mass is 10.1. The Balaban J connectivity index is 1.65. The van der Waals surface area contributed by atoms with E-state index in [1.807, 2.05) is 32.0 Å². The highest BCUT2D eigenvalue weighted by atomic mass is 19.1. The molecule has 3 aromatic carbocycles. The minimum atomic E-state index is -0.590. The summed E-state index contributed by atoms with van der Waals surface area (Å²) in [6.45, 7) is 4.36. The number of rotatable bonds is 6. The van der Waals surface area contributed by atoms with Crippen LogP contribution in [0.25, 0.3) is 0 Å². The van der Waals surface area contributed by atoms with Crippen molar-refractivity contribution in [3.05, 3.63) is 100 Å². The minimum absolute atomic E-state index is 0.0418. The van der Waals surface area contributed by atoms with Crippen molar-refractivity contribution >= 4 is 17.5 Å². The Morgan fingerprint density at radius 3 is 2.45 bits per heavy atom. The number of halogens is 1. The molecule has 0 aliphatic rings. The molecule has 0 aromatic heterocycles. The zero-order chi connectivity index (χ0) is 20.8. The predicted molar refractivity (Wildman–Crippen MR) is 113 cm³/mol. The molecule has 2 N–H and O–H groups in total. The number of nitrogens with one attached hydrogen (secondary N) is 2. The zero-order valence-corrected chi connectivity index (χ0v) is 16.5. The van der Waals surface area contributed by atoms with Crippen LogP contribution < -0.4 is 10.6 Å². The Hall–Kier alpha value is -3.47. The van der Waals surface area contributed by atoms with Crippen molar-refractivity contribution in [3.8, 4) is 0 Å². The van der Waals surface area contributed by atoms with E-state index in [-0.39, 0.29) is 11.5 Å². The third-order valence-corrected chi connectivity index (χ3v) is 4.65. The summed E-state index contributed by atoms with van der Waals surface area (Å²) in [6, 6.07) is 19.0. The Bertz CT molecular complexity index is 1050. The standard InChI is InChI=1S/C24H23FN2O2/c1-16-6-5-7-18(14-16)12-13-26-23(28)19-11-10-17(2)22(15-19)27-24(29)20-8-3-4-9-21(20)25/h3-11,14-15H,12-13H2,1-2H3,(H,26,28)(H,27,29). The van der Waals surface area contributed by atoms with Gasteiger partial charge in [-0.25, -0.2) is 4.39 Å². The Kier molecular flexibility index (Phi) is 6.39. The van der Waals surface area contributed by atoms with Gasteiger partial charge in [0.1, 0.15) is 5.82 Å². The summed E-state index contributed by atoms with van der Waals surface area (Å²) in [5, 5.41) is 5.59. The maximum Gasteiger partial charge on any atom is 0.258 e. The lowest BCUT2D eigenvalue weighted by molar-refractivity contribution is 0.0952. The van der Waals surface area contributed by atoms with Crippen LogP contribution in [0.1, 0.15) is 37.4 Å². The summed E-state index contributed by atoms with van der Waals surface area (Å²) in [4.78, 5) is 24.9. The van der Waals surface area contributed by atoms with Crippen LogP contribution in [0.5, 0.6) is 0 Å². The lowest BCUT2D eigenvalue weighted by Gasteiger charge is -2.12. The van der Waals surface area contributed by atoms with Crippen molar-refractivity contribution in [1.29, 1.82) is 0 Å². The molecule has 4 nitrogen and oxygen atoms in total. The van der Waals surface area contributed by atoms with Gasteiger partial charge >= 0.3 is 0 Å². The summed E-state index contributed by atoms with van der Waals surface area (Å²) < 4.78 is 13.8. The van der Waals surface area contributed by atoms with E-state index in [1.54, 1.807) is 24.3 Å². The van der Waals surface area contributed by atoms with Crippen LogP contribution in [-0.4, -0.2) is 18.4 Å². The van der Waals surface area contributed by atoms with Crippen LogP contribution >= 0.6 is 0 Å². The number of amides is 2. The van der Waals surface area contributed by atoms with Gasteiger partial charge in [0, 0.05) is 17.8 Å². The molecule has 0 aliphatic heterocycles. The molecule has 5 heteroatoms. The summed E-state index contributed by atoms with van der Waals surface area (Å²) >= 11 is 0. The number of hydrogen-bond acceptors (Lipinski definition) is 2. The molecule has 2 amide bonds. The van der Waals surface area contributed by atoms with E-state index in [9.17, 15) is 14.0 Å². The number of anilines is 1. The molecule has 0 heterocycles. The number of carbonyl (C=O) groups excluding carboxylic acids is 2. The van der Waals surface area contributed by atoms with E-state index >= 15 is 0 Å². The van der Waals surface area contributed by atoms with E-state index in [4.69, 9.17) is 0 Å². The van der Waals surface area contributed by atoms with Gasteiger partial charge in [-0.2, -0.15) is 0 Å². The molecule has 0 saturated heterocycles. The van der Waals surface area contributed by atoms with Crippen molar-refractivity contribution in [2.75, 3.05) is 11.9 Å². The lowest BCUT2D eigenvalue weighted by Crippen LogP contribution is -2.26. The van der Waals surface area contributed by atoms with Gasteiger partial charge in [0.05, 0.1) is 5.56 Å². The van der Waals surface area contributed by atoms with E-state index < -0.39 is 11.7 Å². The second kappa shape index (κ2) is 9.15. The maximum absolute atomic E-state index is 13.8. The summed E-state index contributed by atoms with van der Waals surface area (Å²) in [5.41, 5.74) is 3.99. The minimum Gasteiger partial charge on any atom is -0.352 e. The van der Waals surface area contributed by atoms with E-state index in [1.165, 1.54) is 23.8 Å². The molecule has 0 saturated carbocycles. The van der Waals surface area contributed by atoms with Crippen LogP contribution in [0.2, 0.25) is 0 Å². The topological polar surface area (TPSA) is 58.2 Å². The average molecular weight is 390 g/mol. The highest BCUT2D eigenvalue weighted by Gasteiger charge is 2.14. The van der Waals surface area contributed by atoms with E-state index in [0.717, 1.165) is 17.5 Å². The smallest absolute Gasteiger partial charge is 0.258 e. The first-order chi connectivity index (χ1) is 13.9. The predicted octanol–water partition coefficient (Wildman–Crippen LogP) is 4.67. The van der Waals surface area contributed by atoms with Gasteiger partial charge in [-0.05, 0) is 55.7 Å². The molecule has 148 valence electrons. The molecule has 0 aliphatic carbocycles. The summed E-state index contributed by atoms with van der Waals surface area (Å²) in [5.74, 6) is -1.37. The molecule has 3 aromatic rings. The molecular weight excluding hydrogens is 367 g/mol. The second-order valence-corrected chi connectivity index (χ2v) is 6.96. The van der Waals surface area contributed by atoms with Crippen LogP contribution in [0, 0.1) is 19.7 Å². The molecule has 0 radical (unpaired) electrons. The van der Waals surface area contributed by atoms with Crippen molar-refractivity contribution in [2.24, 2.45) is 0 Å². The van der Waals surface area contributed by atoms with Gasteiger partial charge in [0.2, 0.25) is 0 Å². The molecular formula is C24H23FN2O2. The van der Waals surface area contributed by atoms with Gasteiger partial charge in [0.25, 0.3) is 11.8 Å². The first-order valence-corrected chi connectivity index (χ1v) is 9.44. The van der Waals surface area contributed by atoms with Gasteiger partial charge in [-0.1, -0.05) is 48.0 Å². The Morgan fingerprint density at radius 2 is 1.69 bits per heavy atom. The van der Waals surface area contributed by atoms with Gasteiger partial charge in [-0.15, -0.1) is 0 Å². The monoisotopic (exact) mass is 390 g/mol. The third-order valence-electron chi connectivity index (χ3n) is 4.65. The van der Waals surface area contributed by atoms with Gasteiger partial charge < -0.3 is 10.6 Å². The highest BCUT2D eigenvalue weighted by molar-refractivity contribution is 6.05. The first-order valence-electron chi connectivity index (χ1n) is 9.44. The Morgan fingerprint density at radius 1 is 0.897 bits per heavy atom. The van der Waals surface area contributed by atoms with Crippen molar-refractivity contribution in [1.82, 2.24) is 5.32 Å². The Labute approximate surface area is 169 Å². The molecule has 29 heavy (non-hydrogen) atoms. The molecule has 0 spiro atoms. The maximum atomic E-state index is 13.8. The fourth-order valence-electron chi connectivity index (χ4n) is 3.02. The van der Waals surface area contributed by atoms with Crippen LogP contribution in [-0.2, 0) is 6.42 Å².